The van der Waals surface area contributed by atoms with Gasteiger partial charge < -0.3 is 9.47 Å². The summed E-state index contributed by atoms with van der Waals surface area (Å²) < 4.78 is 11.6. The van der Waals surface area contributed by atoms with Crippen LogP contribution in [0.2, 0.25) is 0 Å². The number of hydrogen-bond donors (Lipinski definition) is 0. The monoisotopic (exact) mass is 426 g/mol. The first kappa shape index (κ1) is 22.5. The summed E-state index contributed by atoms with van der Waals surface area (Å²) in [5, 5.41) is 0. The largest absolute Gasteiger partial charge is 0.468 e. The molecule has 31 heavy (non-hydrogen) atoms. The number of Topliss-reactive ketones (excluding diaryl/α,β-unsaturated/α-hetero) is 1. The molecule has 4 nitrogen and oxygen atoms in total. The topological polar surface area (TPSA) is 52.6 Å². The summed E-state index contributed by atoms with van der Waals surface area (Å²) in [4.78, 5) is 25.4. The normalized spacial score (nSPS) is 39.3. The smallest absolute Gasteiger partial charge is 0.316 e. The molecule has 3 aliphatic rings. The molecule has 3 saturated carbocycles. The summed E-state index contributed by atoms with van der Waals surface area (Å²) in [6.07, 6.45) is 5.65. The van der Waals surface area contributed by atoms with Gasteiger partial charge in [-0.05, 0) is 65.7 Å². The number of benzene rings is 1. The molecule has 0 amide bonds. The summed E-state index contributed by atoms with van der Waals surface area (Å²) in [5.41, 5.74) is 1.07. The fraction of sp³-hybridized carbons (Fsp3) is 0.704. The van der Waals surface area contributed by atoms with Crippen LogP contribution < -0.4 is 0 Å². The summed E-state index contributed by atoms with van der Waals surface area (Å²) in [6, 6.07) is 10.4. The molecule has 0 saturated heterocycles. The van der Waals surface area contributed by atoms with Crippen LogP contribution in [-0.4, -0.2) is 25.0 Å². The van der Waals surface area contributed by atoms with Crippen LogP contribution in [0.5, 0.6) is 0 Å². The van der Waals surface area contributed by atoms with Crippen LogP contribution in [0.15, 0.2) is 30.3 Å². The Kier molecular flexibility index (Phi) is 5.83. The molecule has 0 N–H and O–H groups in total. The van der Waals surface area contributed by atoms with Crippen LogP contribution in [0.3, 0.4) is 0 Å². The molecule has 0 spiro atoms. The quantitative estimate of drug-likeness (QED) is 0.466. The SMILES string of the molecule is COC(=O)[C@H]1C(=O)CC[C@H]2[C@@]1(C)CC[C@H]1C(C)(C)[C@@H](OCc3ccccc3)CC[C@]21C. The Balaban J connectivity index is 1.58. The van der Waals surface area contributed by atoms with Gasteiger partial charge >= 0.3 is 5.97 Å². The minimum absolute atomic E-state index is 0.0470. The van der Waals surface area contributed by atoms with Gasteiger partial charge in [-0.15, -0.1) is 0 Å². The van der Waals surface area contributed by atoms with Crippen LogP contribution in [0.25, 0.3) is 0 Å². The zero-order valence-corrected chi connectivity index (χ0v) is 19.8. The molecule has 0 aromatic heterocycles. The Morgan fingerprint density at radius 2 is 1.65 bits per heavy atom. The van der Waals surface area contributed by atoms with Crippen LogP contribution >= 0.6 is 0 Å². The lowest BCUT2D eigenvalue weighted by molar-refractivity contribution is -0.208. The van der Waals surface area contributed by atoms with Crippen molar-refractivity contribution in [1.29, 1.82) is 0 Å². The zero-order chi connectivity index (χ0) is 22.4. The maximum Gasteiger partial charge on any atom is 0.316 e. The Bertz CT molecular complexity index is 823. The van der Waals surface area contributed by atoms with Crippen LogP contribution in [0.1, 0.15) is 71.8 Å². The summed E-state index contributed by atoms with van der Waals surface area (Å²) in [5.74, 6) is 0.00312. The highest BCUT2D eigenvalue weighted by atomic mass is 16.5. The van der Waals surface area contributed by atoms with Crippen molar-refractivity contribution >= 4 is 11.8 Å². The zero-order valence-electron chi connectivity index (χ0n) is 19.8. The van der Waals surface area contributed by atoms with E-state index in [1.165, 1.54) is 12.7 Å². The predicted octanol–water partition coefficient (Wildman–Crippen LogP) is 5.58. The molecule has 0 aliphatic heterocycles. The highest BCUT2D eigenvalue weighted by Crippen LogP contribution is 2.68. The van der Waals surface area contributed by atoms with Crippen LogP contribution in [0.4, 0.5) is 0 Å². The van der Waals surface area contributed by atoms with Gasteiger partial charge in [-0.3, -0.25) is 9.59 Å². The van der Waals surface area contributed by atoms with E-state index in [9.17, 15) is 9.59 Å². The molecule has 6 atom stereocenters. The number of esters is 1. The Morgan fingerprint density at radius 1 is 0.968 bits per heavy atom. The number of carbonyl (C=O) groups is 2. The van der Waals surface area contributed by atoms with Gasteiger partial charge in [0.1, 0.15) is 11.7 Å². The van der Waals surface area contributed by atoms with E-state index in [1.54, 1.807) is 0 Å². The molecule has 0 unspecified atom stereocenters. The van der Waals surface area contributed by atoms with E-state index in [1.807, 2.05) is 6.07 Å². The van der Waals surface area contributed by atoms with Crippen molar-refractivity contribution in [2.24, 2.45) is 34.0 Å². The molecule has 0 radical (unpaired) electrons. The minimum Gasteiger partial charge on any atom is -0.468 e. The Labute approximate surface area is 187 Å². The molecule has 3 aliphatic carbocycles. The second-order valence-electron chi connectivity index (χ2n) is 11.3. The molecule has 4 rings (SSSR count). The van der Waals surface area contributed by atoms with Crippen molar-refractivity contribution in [3.05, 3.63) is 35.9 Å². The molecule has 4 heteroatoms. The first-order chi connectivity index (χ1) is 14.6. The lowest BCUT2D eigenvalue weighted by Gasteiger charge is -2.66. The van der Waals surface area contributed by atoms with Crippen LogP contribution in [-0.2, 0) is 25.7 Å². The number of ether oxygens (including phenoxy) is 2. The lowest BCUT2D eigenvalue weighted by atomic mass is 9.39. The molecular weight excluding hydrogens is 388 g/mol. The van der Waals surface area contributed by atoms with Crippen molar-refractivity contribution < 1.29 is 19.1 Å². The fourth-order valence-electron chi connectivity index (χ4n) is 7.96. The van der Waals surface area contributed by atoms with Crippen molar-refractivity contribution in [2.45, 2.75) is 78.9 Å². The lowest BCUT2D eigenvalue weighted by Crippen LogP contribution is -2.63. The Hall–Kier alpha value is -1.68. The van der Waals surface area contributed by atoms with Gasteiger partial charge in [0.25, 0.3) is 0 Å². The van der Waals surface area contributed by atoms with E-state index >= 15 is 0 Å². The van der Waals surface area contributed by atoms with Gasteiger partial charge in [0.2, 0.25) is 0 Å². The molecule has 0 heterocycles. The van der Waals surface area contributed by atoms with E-state index in [2.05, 4.69) is 52.0 Å². The summed E-state index contributed by atoms with van der Waals surface area (Å²) in [7, 11) is 1.41. The van der Waals surface area contributed by atoms with Gasteiger partial charge in [0.15, 0.2) is 0 Å². The first-order valence-electron chi connectivity index (χ1n) is 11.9. The summed E-state index contributed by atoms with van der Waals surface area (Å²) >= 11 is 0. The van der Waals surface area contributed by atoms with Crippen LogP contribution in [0, 0.1) is 34.0 Å². The van der Waals surface area contributed by atoms with Crippen molar-refractivity contribution in [3.63, 3.8) is 0 Å². The fourth-order valence-corrected chi connectivity index (χ4v) is 7.96. The molecule has 1 aromatic rings. The van der Waals surface area contributed by atoms with E-state index in [0.717, 1.165) is 32.1 Å². The van der Waals surface area contributed by atoms with Gasteiger partial charge in [-0.25, -0.2) is 0 Å². The van der Waals surface area contributed by atoms with E-state index < -0.39 is 5.92 Å². The minimum atomic E-state index is -0.607. The highest BCUT2D eigenvalue weighted by Gasteiger charge is 2.65. The number of hydrogen-bond acceptors (Lipinski definition) is 4. The standard InChI is InChI=1S/C27H38O4/c1-25(2)20-13-15-27(4)21(12-11-19(28)23(27)24(29)30-5)26(20,3)16-14-22(25)31-17-18-9-7-6-8-10-18/h6-10,20-23H,11-17H2,1-5H3/t20-,21+,22-,23+,26-,27+/m0/s1. The average Bonchev–Trinajstić information content (AvgIpc) is 2.72. The van der Waals surface area contributed by atoms with Gasteiger partial charge in [0, 0.05) is 6.42 Å². The average molecular weight is 427 g/mol. The number of rotatable bonds is 4. The second kappa shape index (κ2) is 8.03. The molecule has 1 aromatic carbocycles. The van der Waals surface area contributed by atoms with Crippen molar-refractivity contribution in [1.82, 2.24) is 0 Å². The third kappa shape index (κ3) is 3.55. The van der Waals surface area contributed by atoms with Gasteiger partial charge in [-0.1, -0.05) is 58.0 Å². The molecule has 170 valence electrons. The van der Waals surface area contributed by atoms with E-state index in [0.29, 0.717) is 24.9 Å². The van der Waals surface area contributed by atoms with Gasteiger partial charge in [-0.2, -0.15) is 0 Å². The predicted molar refractivity (Wildman–Crippen MR) is 120 cm³/mol. The van der Waals surface area contributed by atoms with E-state index in [4.69, 9.17) is 9.47 Å². The third-order valence-electron chi connectivity index (χ3n) is 9.42. The number of methoxy groups -OCH3 is 1. The van der Waals surface area contributed by atoms with Gasteiger partial charge in [0.05, 0.1) is 19.8 Å². The second-order valence-corrected chi connectivity index (χ2v) is 11.3. The molecule has 0 bridgehead atoms. The first-order valence-corrected chi connectivity index (χ1v) is 11.9. The molecule has 3 fully saturated rings. The van der Waals surface area contributed by atoms with Crippen molar-refractivity contribution in [3.8, 4) is 0 Å². The number of fused-ring (bicyclic) bond motifs is 3. The molecular formula is C27H38O4. The maximum atomic E-state index is 12.8. The Morgan fingerprint density at radius 3 is 2.32 bits per heavy atom. The maximum absolute atomic E-state index is 12.8. The number of carbonyl (C=O) groups excluding carboxylic acids is 2. The van der Waals surface area contributed by atoms with Crippen molar-refractivity contribution in [2.75, 3.05) is 7.11 Å². The summed E-state index contributed by atoms with van der Waals surface area (Å²) in [6.45, 7) is 10.0. The number of ketones is 1. The van der Waals surface area contributed by atoms with E-state index in [-0.39, 0.29) is 34.1 Å². The highest BCUT2D eigenvalue weighted by molar-refractivity contribution is 6.00. The third-order valence-corrected chi connectivity index (χ3v) is 9.42.